The summed E-state index contributed by atoms with van der Waals surface area (Å²) >= 11 is 0. The predicted molar refractivity (Wildman–Crippen MR) is 69.9 cm³/mol. The van der Waals surface area contributed by atoms with Crippen LogP contribution in [0.25, 0.3) is 0 Å². The number of rotatable bonds is 4. The van der Waals surface area contributed by atoms with Gasteiger partial charge in [-0.05, 0) is 39.5 Å². The molecule has 2 atom stereocenters. The van der Waals surface area contributed by atoms with Gasteiger partial charge >= 0.3 is 0 Å². The summed E-state index contributed by atoms with van der Waals surface area (Å²) in [6.45, 7) is 8.29. The van der Waals surface area contributed by atoms with E-state index in [4.69, 9.17) is 4.74 Å². The van der Waals surface area contributed by atoms with Crippen LogP contribution in [0.3, 0.4) is 0 Å². The second kappa shape index (κ2) is 6.39. The van der Waals surface area contributed by atoms with Gasteiger partial charge in [-0.25, -0.2) is 0 Å². The van der Waals surface area contributed by atoms with Gasteiger partial charge in [0, 0.05) is 6.04 Å². The molecule has 0 heterocycles. The van der Waals surface area contributed by atoms with E-state index in [0.29, 0.717) is 12.0 Å². The SMILES string of the molecule is CCC1CCCCC1NC(=O)COC(C)(C)C. The quantitative estimate of drug-likeness (QED) is 0.822. The first kappa shape index (κ1) is 14.5. The van der Waals surface area contributed by atoms with E-state index in [-0.39, 0.29) is 18.1 Å². The zero-order valence-corrected chi connectivity index (χ0v) is 11.7. The normalized spacial score (nSPS) is 25.6. The number of ether oxygens (including phenoxy) is 1. The molecule has 1 rings (SSSR count). The Morgan fingerprint density at radius 2 is 1.94 bits per heavy atom. The molecule has 0 saturated heterocycles. The third-order valence-corrected chi connectivity index (χ3v) is 3.42. The van der Waals surface area contributed by atoms with Crippen molar-refractivity contribution in [3.05, 3.63) is 0 Å². The minimum absolute atomic E-state index is 0.0327. The highest BCUT2D eigenvalue weighted by Crippen LogP contribution is 2.26. The summed E-state index contributed by atoms with van der Waals surface area (Å²) in [4.78, 5) is 11.8. The maximum Gasteiger partial charge on any atom is 0.246 e. The number of hydrogen-bond donors (Lipinski definition) is 1. The molecule has 1 saturated carbocycles. The molecule has 3 heteroatoms. The van der Waals surface area contributed by atoms with Crippen LogP contribution in [0.2, 0.25) is 0 Å². The zero-order valence-electron chi connectivity index (χ0n) is 11.7. The molecule has 0 spiro atoms. The molecular weight excluding hydrogens is 214 g/mol. The van der Waals surface area contributed by atoms with Gasteiger partial charge in [-0.15, -0.1) is 0 Å². The minimum atomic E-state index is -0.242. The van der Waals surface area contributed by atoms with Gasteiger partial charge in [0.05, 0.1) is 5.60 Å². The Kier molecular flexibility index (Phi) is 5.44. The van der Waals surface area contributed by atoms with Gasteiger partial charge < -0.3 is 10.1 Å². The number of carbonyl (C=O) groups excluding carboxylic acids is 1. The first-order valence-corrected chi connectivity index (χ1v) is 6.85. The fourth-order valence-electron chi connectivity index (χ4n) is 2.42. The van der Waals surface area contributed by atoms with Gasteiger partial charge in [0.15, 0.2) is 0 Å². The van der Waals surface area contributed by atoms with Gasteiger partial charge in [0.1, 0.15) is 6.61 Å². The number of hydrogen-bond acceptors (Lipinski definition) is 2. The third-order valence-electron chi connectivity index (χ3n) is 3.42. The topological polar surface area (TPSA) is 38.3 Å². The maximum absolute atomic E-state index is 11.8. The van der Waals surface area contributed by atoms with Crippen LogP contribution in [-0.4, -0.2) is 24.2 Å². The van der Waals surface area contributed by atoms with Crippen LogP contribution in [-0.2, 0) is 9.53 Å². The van der Waals surface area contributed by atoms with Gasteiger partial charge in [0.2, 0.25) is 5.91 Å². The van der Waals surface area contributed by atoms with Crippen molar-refractivity contribution in [1.82, 2.24) is 5.32 Å². The molecule has 0 aromatic rings. The summed E-state index contributed by atoms with van der Waals surface area (Å²) in [6, 6.07) is 0.366. The molecule has 0 bridgehead atoms. The molecule has 17 heavy (non-hydrogen) atoms. The van der Waals surface area contributed by atoms with Crippen molar-refractivity contribution in [2.75, 3.05) is 6.61 Å². The highest BCUT2D eigenvalue weighted by molar-refractivity contribution is 5.77. The van der Waals surface area contributed by atoms with Gasteiger partial charge in [-0.3, -0.25) is 4.79 Å². The van der Waals surface area contributed by atoms with Crippen molar-refractivity contribution in [3.8, 4) is 0 Å². The molecule has 3 nitrogen and oxygen atoms in total. The molecule has 0 aliphatic heterocycles. The Hall–Kier alpha value is -0.570. The fourth-order valence-corrected chi connectivity index (χ4v) is 2.42. The average molecular weight is 241 g/mol. The van der Waals surface area contributed by atoms with Crippen molar-refractivity contribution in [1.29, 1.82) is 0 Å². The summed E-state index contributed by atoms with van der Waals surface area (Å²) < 4.78 is 5.49. The average Bonchev–Trinajstić information content (AvgIpc) is 2.26. The van der Waals surface area contributed by atoms with Crippen molar-refractivity contribution >= 4 is 5.91 Å². The van der Waals surface area contributed by atoms with E-state index < -0.39 is 0 Å². The predicted octanol–water partition coefficient (Wildman–Crippen LogP) is 2.89. The van der Waals surface area contributed by atoms with Gasteiger partial charge in [-0.2, -0.15) is 0 Å². The van der Waals surface area contributed by atoms with E-state index in [0.717, 1.165) is 12.8 Å². The molecule has 1 N–H and O–H groups in total. The lowest BCUT2D eigenvalue weighted by atomic mass is 9.83. The van der Waals surface area contributed by atoms with Crippen LogP contribution in [0.4, 0.5) is 0 Å². The zero-order chi connectivity index (χ0) is 12.9. The summed E-state index contributed by atoms with van der Waals surface area (Å²) in [5.74, 6) is 0.688. The number of amides is 1. The van der Waals surface area contributed by atoms with Crippen molar-refractivity contribution < 1.29 is 9.53 Å². The Labute approximate surface area is 105 Å². The van der Waals surface area contributed by atoms with Gasteiger partial charge in [-0.1, -0.05) is 26.2 Å². The van der Waals surface area contributed by atoms with Gasteiger partial charge in [0.25, 0.3) is 0 Å². The number of nitrogens with one attached hydrogen (secondary N) is 1. The van der Waals surface area contributed by atoms with Crippen LogP contribution < -0.4 is 5.32 Å². The first-order valence-electron chi connectivity index (χ1n) is 6.85. The second-order valence-electron chi connectivity index (χ2n) is 6.03. The lowest BCUT2D eigenvalue weighted by Gasteiger charge is -2.31. The fraction of sp³-hybridized carbons (Fsp3) is 0.929. The summed E-state index contributed by atoms with van der Waals surface area (Å²) in [5.41, 5.74) is -0.242. The molecule has 0 aromatic heterocycles. The molecule has 100 valence electrons. The van der Waals surface area contributed by atoms with E-state index >= 15 is 0 Å². The van der Waals surface area contributed by atoms with Crippen LogP contribution in [0, 0.1) is 5.92 Å². The van der Waals surface area contributed by atoms with E-state index in [1.165, 1.54) is 19.3 Å². The highest BCUT2D eigenvalue weighted by Gasteiger charge is 2.25. The molecule has 1 aliphatic carbocycles. The van der Waals surface area contributed by atoms with Crippen molar-refractivity contribution in [3.63, 3.8) is 0 Å². The molecule has 0 aromatic carbocycles. The lowest BCUT2D eigenvalue weighted by Crippen LogP contribution is -2.44. The van der Waals surface area contributed by atoms with Crippen LogP contribution >= 0.6 is 0 Å². The van der Waals surface area contributed by atoms with E-state index in [2.05, 4.69) is 12.2 Å². The minimum Gasteiger partial charge on any atom is -0.366 e. The van der Waals surface area contributed by atoms with E-state index in [9.17, 15) is 4.79 Å². The standard InChI is InChI=1S/C14H27NO2/c1-5-11-8-6-7-9-12(11)15-13(16)10-17-14(2,3)4/h11-12H,5-10H2,1-4H3,(H,15,16). The molecule has 0 radical (unpaired) electrons. The van der Waals surface area contributed by atoms with E-state index in [1.807, 2.05) is 20.8 Å². The largest absolute Gasteiger partial charge is 0.366 e. The Balaban J connectivity index is 2.33. The monoisotopic (exact) mass is 241 g/mol. The molecular formula is C14H27NO2. The second-order valence-corrected chi connectivity index (χ2v) is 6.03. The highest BCUT2D eigenvalue weighted by atomic mass is 16.5. The van der Waals surface area contributed by atoms with Crippen molar-refractivity contribution in [2.24, 2.45) is 5.92 Å². The lowest BCUT2D eigenvalue weighted by molar-refractivity contribution is -0.131. The smallest absolute Gasteiger partial charge is 0.246 e. The van der Waals surface area contributed by atoms with E-state index in [1.54, 1.807) is 0 Å². The Morgan fingerprint density at radius 3 is 2.53 bits per heavy atom. The summed E-state index contributed by atoms with van der Waals surface area (Å²) in [5, 5.41) is 3.13. The molecule has 1 fully saturated rings. The first-order chi connectivity index (χ1) is 7.92. The van der Waals surface area contributed by atoms with Crippen LogP contribution in [0.1, 0.15) is 59.8 Å². The van der Waals surface area contributed by atoms with Crippen molar-refractivity contribution in [2.45, 2.75) is 71.4 Å². The summed E-state index contributed by atoms with van der Waals surface area (Å²) in [7, 11) is 0. The maximum atomic E-state index is 11.8. The van der Waals surface area contributed by atoms with Crippen LogP contribution in [0.15, 0.2) is 0 Å². The molecule has 1 aliphatic rings. The Morgan fingerprint density at radius 1 is 1.29 bits per heavy atom. The molecule has 1 amide bonds. The Bertz CT molecular complexity index is 245. The summed E-state index contributed by atoms with van der Waals surface area (Å²) in [6.07, 6.45) is 6.08. The number of carbonyl (C=O) groups is 1. The van der Waals surface area contributed by atoms with Crippen LogP contribution in [0.5, 0.6) is 0 Å². The molecule has 2 unspecified atom stereocenters. The third kappa shape index (κ3) is 5.53.